The van der Waals surface area contributed by atoms with Gasteiger partial charge in [0.25, 0.3) is 0 Å². The van der Waals surface area contributed by atoms with E-state index in [0.717, 1.165) is 5.56 Å². The molecule has 3 atom stereocenters. The Kier molecular flexibility index (Phi) is 11.0. The van der Waals surface area contributed by atoms with Crippen LogP contribution < -0.4 is 16.0 Å². The quantitative estimate of drug-likeness (QED) is 0.386. The molecule has 0 radical (unpaired) electrons. The smallest absolute Gasteiger partial charge is 0.408 e. The Balaban J connectivity index is 2.88. The van der Waals surface area contributed by atoms with Gasteiger partial charge in [-0.25, -0.2) is 14.4 Å². The lowest BCUT2D eigenvalue weighted by Gasteiger charge is -2.31. The second-order valence-electron chi connectivity index (χ2n) is 9.90. The lowest BCUT2D eigenvalue weighted by molar-refractivity contribution is -0.143. The van der Waals surface area contributed by atoms with Gasteiger partial charge in [0.2, 0.25) is 5.91 Å². The molecular weight excluding hydrogens is 458 g/mol. The van der Waals surface area contributed by atoms with E-state index in [4.69, 9.17) is 14.2 Å². The number of alkyl carbamates (subject to hydrolysis) is 2. The van der Waals surface area contributed by atoms with Crippen LogP contribution in [0.3, 0.4) is 0 Å². The highest BCUT2D eigenvalue weighted by atomic mass is 16.6. The van der Waals surface area contributed by atoms with Crippen molar-refractivity contribution in [3.63, 3.8) is 0 Å². The number of carboxylic acid groups (broad SMARTS) is 1. The number of carbonyl (C=O) groups is 4. The highest BCUT2D eigenvalue weighted by Crippen LogP contribution is 2.14. The van der Waals surface area contributed by atoms with Crippen LogP contribution in [0.1, 0.15) is 54.0 Å². The first kappa shape index (κ1) is 29.7. The summed E-state index contributed by atoms with van der Waals surface area (Å²) in [5.74, 6) is -2.21. The van der Waals surface area contributed by atoms with Gasteiger partial charge in [0.15, 0.2) is 0 Å². The van der Waals surface area contributed by atoms with Crippen LogP contribution in [0, 0.1) is 0 Å². The van der Waals surface area contributed by atoms with E-state index in [1.54, 1.807) is 72.7 Å². The summed E-state index contributed by atoms with van der Waals surface area (Å²) in [5.41, 5.74) is -0.680. The Labute approximate surface area is 205 Å². The molecule has 4 N–H and O–H groups in total. The summed E-state index contributed by atoms with van der Waals surface area (Å²) in [4.78, 5) is 49.0. The number of hydrogen-bond donors (Lipinski definition) is 4. The molecule has 0 aliphatic carbocycles. The largest absolute Gasteiger partial charge is 0.480 e. The van der Waals surface area contributed by atoms with Crippen molar-refractivity contribution in [3.8, 4) is 0 Å². The predicted molar refractivity (Wildman–Crippen MR) is 128 cm³/mol. The van der Waals surface area contributed by atoms with E-state index in [1.165, 1.54) is 0 Å². The normalized spacial score (nSPS) is 14.1. The minimum absolute atomic E-state index is 0.0208. The lowest BCUT2D eigenvalue weighted by Crippen LogP contribution is -2.59. The van der Waals surface area contributed by atoms with E-state index in [2.05, 4.69) is 16.0 Å². The third-order valence-corrected chi connectivity index (χ3v) is 4.24. The van der Waals surface area contributed by atoms with Crippen molar-refractivity contribution in [2.45, 2.75) is 84.5 Å². The second kappa shape index (κ2) is 12.9. The molecule has 0 aliphatic rings. The van der Waals surface area contributed by atoms with Gasteiger partial charge in [-0.15, -0.1) is 0 Å². The average Bonchev–Trinajstić information content (AvgIpc) is 2.71. The van der Waals surface area contributed by atoms with Gasteiger partial charge in [0, 0.05) is 0 Å². The first-order valence-corrected chi connectivity index (χ1v) is 11.2. The van der Waals surface area contributed by atoms with Crippen LogP contribution in [0.2, 0.25) is 0 Å². The number of amides is 3. The maximum absolute atomic E-state index is 13.0. The van der Waals surface area contributed by atoms with E-state index in [1.807, 2.05) is 6.07 Å². The minimum Gasteiger partial charge on any atom is -0.480 e. The first-order valence-electron chi connectivity index (χ1n) is 11.2. The van der Waals surface area contributed by atoms with Crippen molar-refractivity contribution in [3.05, 3.63) is 35.9 Å². The summed E-state index contributed by atoms with van der Waals surface area (Å²) >= 11 is 0. The first-order chi connectivity index (χ1) is 16.1. The molecule has 1 unspecified atom stereocenters. The number of benzene rings is 1. The fraction of sp³-hybridized carbons (Fsp3) is 0.583. The minimum atomic E-state index is -1.48. The van der Waals surface area contributed by atoms with Crippen molar-refractivity contribution in [2.24, 2.45) is 0 Å². The van der Waals surface area contributed by atoms with Crippen LogP contribution in [0.4, 0.5) is 9.59 Å². The highest BCUT2D eigenvalue weighted by Gasteiger charge is 2.34. The van der Waals surface area contributed by atoms with Crippen molar-refractivity contribution < 1.29 is 38.5 Å². The fourth-order valence-electron chi connectivity index (χ4n) is 2.87. The zero-order chi connectivity index (χ0) is 26.8. The summed E-state index contributed by atoms with van der Waals surface area (Å²) in [6, 6.07) is 6.21. The number of nitrogens with one attached hydrogen (secondary N) is 3. The zero-order valence-corrected chi connectivity index (χ0v) is 21.3. The van der Waals surface area contributed by atoms with Gasteiger partial charge < -0.3 is 35.3 Å². The lowest BCUT2D eigenvalue weighted by atomic mass is 10.1. The van der Waals surface area contributed by atoms with Gasteiger partial charge in [-0.3, -0.25) is 4.79 Å². The fourth-order valence-corrected chi connectivity index (χ4v) is 2.87. The van der Waals surface area contributed by atoms with Crippen molar-refractivity contribution >= 4 is 24.1 Å². The Morgan fingerprint density at radius 3 is 2.03 bits per heavy atom. The molecule has 0 aliphatic heterocycles. The van der Waals surface area contributed by atoms with Gasteiger partial charge in [-0.05, 0) is 54.0 Å². The molecule has 1 rings (SSSR count). The van der Waals surface area contributed by atoms with Crippen molar-refractivity contribution in [1.82, 2.24) is 16.0 Å². The number of aliphatic carboxylic acids is 1. The van der Waals surface area contributed by atoms with Gasteiger partial charge in [0.05, 0.1) is 18.2 Å². The molecule has 196 valence electrons. The molecule has 11 heteroatoms. The van der Waals surface area contributed by atoms with Gasteiger partial charge in [-0.2, -0.15) is 0 Å². The van der Waals surface area contributed by atoms with Gasteiger partial charge in [0.1, 0.15) is 24.3 Å². The summed E-state index contributed by atoms with van der Waals surface area (Å²) in [5, 5.41) is 16.6. The maximum Gasteiger partial charge on any atom is 0.408 e. The maximum atomic E-state index is 13.0. The average molecular weight is 496 g/mol. The SMILES string of the molecule is CC(OC(C)(C)C)[C@H](NC(=O)OCc1ccccc1)C(=O)N[C@H](CNC(=O)OC(C)(C)C)C(=O)O. The summed E-state index contributed by atoms with van der Waals surface area (Å²) in [7, 11) is 0. The van der Waals surface area contributed by atoms with E-state index in [9.17, 15) is 24.3 Å². The number of ether oxygens (including phenoxy) is 3. The molecule has 1 aromatic carbocycles. The standard InChI is InChI=1S/C24H37N3O8/c1-15(34-23(2,3)4)18(27-22(32)33-14-16-11-9-8-10-12-16)19(28)26-17(20(29)30)13-25-21(31)35-24(5,6)7/h8-12,15,17-18H,13-14H2,1-7H3,(H,25,31)(H,26,28)(H,27,32)(H,29,30)/t15?,17-,18+/m1/s1. The molecule has 0 saturated carbocycles. The monoisotopic (exact) mass is 495 g/mol. The second-order valence-corrected chi connectivity index (χ2v) is 9.90. The Morgan fingerprint density at radius 1 is 0.914 bits per heavy atom. The predicted octanol–water partition coefficient (Wildman–Crippen LogP) is 2.58. The molecule has 0 fully saturated rings. The van der Waals surface area contributed by atoms with E-state index >= 15 is 0 Å². The Hall–Kier alpha value is -3.34. The van der Waals surface area contributed by atoms with Crippen LogP contribution in [-0.2, 0) is 30.4 Å². The van der Waals surface area contributed by atoms with Crippen LogP contribution in [-0.4, -0.2) is 65.1 Å². The molecule has 35 heavy (non-hydrogen) atoms. The van der Waals surface area contributed by atoms with Crippen LogP contribution in [0.15, 0.2) is 30.3 Å². The number of hydrogen-bond acceptors (Lipinski definition) is 7. The molecule has 11 nitrogen and oxygen atoms in total. The highest BCUT2D eigenvalue weighted by molar-refractivity contribution is 5.90. The van der Waals surface area contributed by atoms with E-state index in [-0.39, 0.29) is 6.61 Å². The van der Waals surface area contributed by atoms with Crippen molar-refractivity contribution in [2.75, 3.05) is 6.54 Å². The van der Waals surface area contributed by atoms with E-state index < -0.39 is 60.0 Å². The Morgan fingerprint density at radius 2 is 1.51 bits per heavy atom. The molecule has 0 saturated heterocycles. The summed E-state index contributed by atoms with van der Waals surface area (Å²) < 4.78 is 16.1. The van der Waals surface area contributed by atoms with E-state index in [0.29, 0.717) is 0 Å². The molecule has 0 aromatic heterocycles. The Bertz CT molecular complexity index is 862. The molecule has 1 aromatic rings. The zero-order valence-electron chi connectivity index (χ0n) is 21.3. The third kappa shape index (κ3) is 12.6. The molecule has 3 amide bonds. The molecular formula is C24H37N3O8. The third-order valence-electron chi connectivity index (χ3n) is 4.24. The van der Waals surface area contributed by atoms with Crippen LogP contribution in [0.5, 0.6) is 0 Å². The number of carboxylic acids is 1. The molecule has 0 heterocycles. The molecule has 0 spiro atoms. The number of rotatable bonds is 10. The summed E-state index contributed by atoms with van der Waals surface area (Å²) in [6.07, 6.45) is -2.55. The summed E-state index contributed by atoms with van der Waals surface area (Å²) in [6.45, 7) is 11.4. The van der Waals surface area contributed by atoms with Gasteiger partial charge in [-0.1, -0.05) is 30.3 Å². The van der Waals surface area contributed by atoms with Crippen molar-refractivity contribution in [1.29, 1.82) is 0 Å². The van der Waals surface area contributed by atoms with Crippen LogP contribution in [0.25, 0.3) is 0 Å². The van der Waals surface area contributed by atoms with Gasteiger partial charge >= 0.3 is 18.2 Å². The topological polar surface area (TPSA) is 152 Å². The molecule has 0 bridgehead atoms. The number of carbonyl (C=O) groups excluding carboxylic acids is 3. The van der Waals surface area contributed by atoms with Crippen LogP contribution >= 0.6 is 0 Å².